The Morgan fingerprint density at radius 3 is 2.75 bits per heavy atom. The van der Waals surface area contributed by atoms with E-state index in [4.69, 9.17) is 4.74 Å². The summed E-state index contributed by atoms with van der Waals surface area (Å²) in [5, 5.41) is 3.76. The zero-order valence-corrected chi connectivity index (χ0v) is 12.9. The monoisotopic (exact) mass is 290 g/mol. The number of thiazole rings is 1. The van der Waals surface area contributed by atoms with Crippen LogP contribution in [0.2, 0.25) is 0 Å². The number of nitrogens with zero attached hydrogens (tertiary/aromatic N) is 1. The Kier molecular flexibility index (Phi) is 4.52. The van der Waals surface area contributed by atoms with Gasteiger partial charge in [0, 0.05) is 12.8 Å². The van der Waals surface area contributed by atoms with Crippen LogP contribution in [-0.4, -0.2) is 18.0 Å². The molecule has 0 saturated heterocycles. The maximum absolute atomic E-state index is 12.3. The second-order valence-corrected chi connectivity index (χ2v) is 5.81. The first kappa shape index (κ1) is 14.7. The topological polar surface area (TPSA) is 51.2 Å². The third-order valence-electron chi connectivity index (χ3n) is 2.95. The maximum atomic E-state index is 12.3. The van der Waals surface area contributed by atoms with E-state index in [2.05, 4.69) is 10.3 Å². The Balaban J connectivity index is 2.19. The molecule has 0 atom stereocenters. The number of rotatable bonds is 4. The van der Waals surface area contributed by atoms with Crippen molar-refractivity contribution in [1.82, 2.24) is 4.98 Å². The van der Waals surface area contributed by atoms with Gasteiger partial charge in [-0.2, -0.15) is 0 Å². The minimum atomic E-state index is -0.116. The standard InChI is InChI=1S/C15H18N2O2S/c1-9-5-6-12(10(2)7-9)17-15(18)14-11(3)16-13(20-14)8-19-4/h5-7H,8H2,1-4H3,(H,17,18). The van der Waals surface area contributed by atoms with Crippen molar-refractivity contribution in [3.63, 3.8) is 0 Å². The van der Waals surface area contributed by atoms with Gasteiger partial charge in [0.05, 0.1) is 12.3 Å². The summed E-state index contributed by atoms with van der Waals surface area (Å²) in [6, 6.07) is 5.96. The van der Waals surface area contributed by atoms with Crippen molar-refractivity contribution in [2.45, 2.75) is 27.4 Å². The molecule has 0 spiro atoms. The largest absolute Gasteiger partial charge is 0.378 e. The molecule has 0 radical (unpaired) electrons. The van der Waals surface area contributed by atoms with E-state index in [0.717, 1.165) is 22.0 Å². The van der Waals surface area contributed by atoms with Gasteiger partial charge in [0.15, 0.2) is 0 Å². The predicted octanol–water partition coefficient (Wildman–Crippen LogP) is 3.47. The molecule has 20 heavy (non-hydrogen) atoms. The van der Waals surface area contributed by atoms with Crippen molar-refractivity contribution in [3.05, 3.63) is 44.9 Å². The van der Waals surface area contributed by atoms with E-state index in [-0.39, 0.29) is 5.91 Å². The van der Waals surface area contributed by atoms with Gasteiger partial charge in [-0.05, 0) is 32.4 Å². The van der Waals surface area contributed by atoms with Gasteiger partial charge in [-0.25, -0.2) is 4.98 Å². The molecule has 106 valence electrons. The Hall–Kier alpha value is -1.72. The van der Waals surface area contributed by atoms with Gasteiger partial charge in [0.1, 0.15) is 9.88 Å². The van der Waals surface area contributed by atoms with Crippen molar-refractivity contribution in [2.24, 2.45) is 0 Å². The minimum Gasteiger partial charge on any atom is -0.378 e. The Labute approximate surface area is 122 Å². The molecule has 0 aliphatic rings. The van der Waals surface area contributed by atoms with Gasteiger partial charge in [0.25, 0.3) is 5.91 Å². The van der Waals surface area contributed by atoms with Crippen LogP contribution in [-0.2, 0) is 11.3 Å². The molecule has 0 fully saturated rings. The lowest BCUT2D eigenvalue weighted by Gasteiger charge is -2.08. The van der Waals surface area contributed by atoms with E-state index in [1.807, 2.05) is 39.0 Å². The van der Waals surface area contributed by atoms with E-state index in [1.54, 1.807) is 7.11 Å². The smallest absolute Gasteiger partial charge is 0.267 e. The van der Waals surface area contributed by atoms with Gasteiger partial charge in [-0.3, -0.25) is 4.79 Å². The van der Waals surface area contributed by atoms with Crippen LogP contribution in [0.25, 0.3) is 0 Å². The third kappa shape index (κ3) is 3.23. The van der Waals surface area contributed by atoms with Crippen LogP contribution >= 0.6 is 11.3 Å². The van der Waals surface area contributed by atoms with Gasteiger partial charge in [-0.15, -0.1) is 11.3 Å². The molecule has 0 aliphatic carbocycles. The number of ether oxygens (including phenoxy) is 1. The highest BCUT2D eigenvalue weighted by molar-refractivity contribution is 7.13. The number of methoxy groups -OCH3 is 1. The predicted molar refractivity (Wildman–Crippen MR) is 81.4 cm³/mol. The fourth-order valence-electron chi connectivity index (χ4n) is 1.98. The van der Waals surface area contributed by atoms with Crippen LogP contribution in [0.4, 0.5) is 5.69 Å². The lowest BCUT2D eigenvalue weighted by Crippen LogP contribution is -2.12. The van der Waals surface area contributed by atoms with Crippen molar-refractivity contribution in [1.29, 1.82) is 0 Å². The first-order valence-corrected chi connectivity index (χ1v) is 7.16. The average molecular weight is 290 g/mol. The summed E-state index contributed by atoms with van der Waals surface area (Å²) in [6.45, 7) is 6.29. The fourth-order valence-corrected chi connectivity index (χ4v) is 2.91. The molecule has 0 unspecified atom stereocenters. The van der Waals surface area contributed by atoms with Gasteiger partial charge in [-0.1, -0.05) is 17.7 Å². The summed E-state index contributed by atoms with van der Waals surface area (Å²) in [5.74, 6) is -0.116. The molecule has 0 bridgehead atoms. The number of amides is 1. The van der Waals surface area contributed by atoms with Crippen molar-refractivity contribution in [2.75, 3.05) is 12.4 Å². The molecule has 2 rings (SSSR count). The number of benzene rings is 1. The first-order chi connectivity index (χ1) is 9.51. The number of nitrogens with one attached hydrogen (secondary N) is 1. The molecule has 1 aromatic heterocycles. The number of hydrogen-bond donors (Lipinski definition) is 1. The van der Waals surface area contributed by atoms with Crippen molar-refractivity contribution in [3.8, 4) is 0 Å². The zero-order valence-electron chi connectivity index (χ0n) is 12.1. The highest BCUT2D eigenvalue weighted by Crippen LogP contribution is 2.22. The SMILES string of the molecule is COCc1nc(C)c(C(=O)Nc2ccc(C)cc2C)s1. The molecule has 1 heterocycles. The van der Waals surface area contributed by atoms with Crippen LogP contribution < -0.4 is 5.32 Å². The summed E-state index contributed by atoms with van der Waals surface area (Å²) in [6.07, 6.45) is 0. The fraction of sp³-hybridized carbons (Fsp3) is 0.333. The number of anilines is 1. The molecular weight excluding hydrogens is 272 g/mol. The van der Waals surface area contributed by atoms with Crippen LogP contribution in [0, 0.1) is 20.8 Å². The first-order valence-electron chi connectivity index (χ1n) is 6.35. The van der Waals surface area contributed by atoms with E-state index in [0.29, 0.717) is 11.5 Å². The molecule has 1 amide bonds. The maximum Gasteiger partial charge on any atom is 0.267 e. The molecule has 5 heteroatoms. The van der Waals surface area contributed by atoms with E-state index in [9.17, 15) is 4.79 Å². The number of carbonyl (C=O) groups is 1. The van der Waals surface area contributed by atoms with E-state index in [1.165, 1.54) is 16.9 Å². The number of hydrogen-bond acceptors (Lipinski definition) is 4. The lowest BCUT2D eigenvalue weighted by molar-refractivity contribution is 0.102. The molecule has 2 aromatic rings. The summed E-state index contributed by atoms with van der Waals surface area (Å²) < 4.78 is 5.04. The molecule has 1 aromatic carbocycles. The molecule has 0 saturated carbocycles. The molecule has 0 aliphatic heterocycles. The van der Waals surface area contributed by atoms with Gasteiger partial charge < -0.3 is 10.1 Å². The summed E-state index contributed by atoms with van der Waals surface area (Å²) in [5.41, 5.74) is 3.81. The highest BCUT2D eigenvalue weighted by Gasteiger charge is 2.16. The quantitative estimate of drug-likeness (QED) is 0.938. The number of aryl methyl sites for hydroxylation is 3. The second kappa shape index (κ2) is 6.15. The third-order valence-corrected chi connectivity index (χ3v) is 4.07. The van der Waals surface area contributed by atoms with E-state index >= 15 is 0 Å². The zero-order chi connectivity index (χ0) is 14.7. The highest BCUT2D eigenvalue weighted by atomic mass is 32.1. The van der Waals surface area contributed by atoms with Crippen molar-refractivity contribution >= 4 is 22.9 Å². The van der Waals surface area contributed by atoms with Crippen LogP contribution in [0.5, 0.6) is 0 Å². The Morgan fingerprint density at radius 2 is 2.10 bits per heavy atom. The molecular formula is C15H18N2O2S. The second-order valence-electron chi connectivity index (χ2n) is 4.73. The summed E-state index contributed by atoms with van der Waals surface area (Å²) >= 11 is 1.37. The minimum absolute atomic E-state index is 0.116. The van der Waals surface area contributed by atoms with Gasteiger partial charge >= 0.3 is 0 Å². The average Bonchev–Trinajstić information content (AvgIpc) is 2.74. The number of aromatic nitrogens is 1. The number of carbonyl (C=O) groups excluding carboxylic acids is 1. The van der Waals surface area contributed by atoms with Gasteiger partial charge in [0.2, 0.25) is 0 Å². The Bertz CT molecular complexity index is 635. The summed E-state index contributed by atoms with van der Waals surface area (Å²) in [7, 11) is 1.62. The summed E-state index contributed by atoms with van der Waals surface area (Å²) in [4.78, 5) is 17.3. The molecule has 4 nitrogen and oxygen atoms in total. The molecule has 1 N–H and O–H groups in total. The van der Waals surface area contributed by atoms with Crippen LogP contribution in [0.1, 0.15) is 31.5 Å². The lowest BCUT2D eigenvalue weighted by atomic mass is 10.1. The van der Waals surface area contributed by atoms with E-state index < -0.39 is 0 Å². The van der Waals surface area contributed by atoms with Crippen LogP contribution in [0.3, 0.4) is 0 Å². The Morgan fingerprint density at radius 1 is 1.35 bits per heavy atom. The van der Waals surface area contributed by atoms with Crippen LogP contribution in [0.15, 0.2) is 18.2 Å². The normalized spacial score (nSPS) is 10.6. The van der Waals surface area contributed by atoms with Crippen molar-refractivity contribution < 1.29 is 9.53 Å².